The average Bonchev–Trinajstić information content (AvgIpc) is 2.29. The molecule has 4 nitrogen and oxygen atoms in total. The Balaban J connectivity index is 2.30. The molecular weight excluding hydrogens is 329 g/mol. The van der Waals surface area contributed by atoms with Gasteiger partial charge in [-0.2, -0.15) is 0 Å². The summed E-state index contributed by atoms with van der Waals surface area (Å²) in [6.45, 7) is 0. The first-order valence-corrected chi connectivity index (χ1v) is 6.01. The molecule has 17 heavy (non-hydrogen) atoms. The van der Waals surface area contributed by atoms with Gasteiger partial charge in [0.15, 0.2) is 5.75 Å². The number of hydrogen-bond donors (Lipinski definition) is 1. The summed E-state index contributed by atoms with van der Waals surface area (Å²) >= 11 is 15.2. The third-order valence-corrected chi connectivity index (χ3v) is 3.32. The summed E-state index contributed by atoms with van der Waals surface area (Å²) in [6.07, 6.45) is 2.88. The first-order chi connectivity index (χ1) is 8.06. The van der Waals surface area contributed by atoms with Gasteiger partial charge in [-0.05, 0) is 22.0 Å². The van der Waals surface area contributed by atoms with Gasteiger partial charge in [-0.25, -0.2) is 9.97 Å². The topological polar surface area (TPSA) is 61.0 Å². The van der Waals surface area contributed by atoms with Crippen LogP contribution in [0.5, 0.6) is 11.8 Å². The van der Waals surface area contributed by atoms with E-state index in [1.54, 1.807) is 12.1 Å². The van der Waals surface area contributed by atoms with Gasteiger partial charge in [0, 0.05) is 10.5 Å². The molecule has 2 N–H and O–H groups in total. The maximum atomic E-state index is 5.99. The predicted molar refractivity (Wildman–Crippen MR) is 70.7 cm³/mol. The Kier molecular flexibility index (Phi) is 3.71. The van der Waals surface area contributed by atoms with E-state index in [2.05, 4.69) is 25.9 Å². The van der Waals surface area contributed by atoms with E-state index in [9.17, 15) is 0 Å². The summed E-state index contributed by atoms with van der Waals surface area (Å²) in [7, 11) is 0. The Morgan fingerprint density at radius 2 is 1.76 bits per heavy atom. The first-order valence-electron chi connectivity index (χ1n) is 4.46. The van der Waals surface area contributed by atoms with Crippen molar-refractivity contribution < 1.29 is 4.74 Å². The van der Waals surface area contributed by atoms with E-state index < -0.39 is 0 Å². The molecule has 0 fully saturated rings. The zero-order valence-electron chi connectivity index (χ0n) is 8.32. The van der Waals surface area contributed by atoms with Crippen molar-refractivity contribution in [1.82, 2.24) is 9.97 Å². The number of halogens is 3. The molecule has 0 saturated heterocycles. The second-order valence-corrected chi connectivity index (χ2v) is 4.77. The van der Waals surface area contributed by atoms with Gasteiger partial charge in [0.1, 0.15) is 0 Å². The number of nitrogens with zero attached hydrogens (tertiary/aromatic N) is 2. The summed E-state index contributed by atoms with van der Waals surface area (Å²) in [5.74, 6) is 0.379. The monoisotopic (exact) mass is 333 g/mol. The maximum absolute atomic E-state index is 5.99. The second-order valence-electron chi connectivity index (χ2n) is 3.10. The molecule has 0 atom stereocenters. The number of benzene rings is 1. The van der Waals surface area contributed by atoms with Crippen molar-refractivity contribution in [3.63, 3.8) is 0 Å². The van der Waals surface area contributed by atoms with Gasteiger partial charge < -0.3 is 10.5 Å². The van der Waals surface area contributed by atoms with Gasteiger partial charge in [-0.3, -0.25) is 0 Å². The van der Waals surface area contributed by atoms with Crippen molar-refractivity contribution in [1.29, 1.82) is 0 Å². The van der Waals surface area contributed by atoms with Crippen LogP contribution in [0.1, 0.15) is 0 Å². The highest BCUT2D eigenvalue weighted by Crippen LogP contribution is 2.35. The molecule has 0 bridgehead atoms. The van der Waals surface area contributed by atoms with Crippen molar-refractivity contribution in [2.75, 3.05) is 5.73 Å². The molecule has 0 amide bonds. The molecule has 7 heteroatoms. The highest BCUT2D eigenvalue weighted by Gasteiger charge is 2.09. The molecule has 0 saturated carbocycles. The minimum Gasteiger partial charge on any atom is -0.423 e. The number of ether oxygens (including phenoxy) is 1. The van der Waals surface area contributed by atoms with E-state index in [4.69, 9.17) is 33.7 Å². The summed E-state index contributed by atoms with van der Waals surface area (Å²) in [5, 5.41) is 0.890. The molecule has 88 valence electrons. The van der Waals surface area contributed by atoms with Gasteiger partial charge in [0.25, 0.3) is 0 Å². The van der Waals surface area contributed by atoms with Gasteiger partial charge in [-0.15, -0.1) is 0 Å². The lowest BCUT2D eigenvalue weighted by Crippen LogP contribution is -1.94. The Morgan fingerprint density at radius 3 is 2.41 bits per heavy atom. The normalized spacial score (nSPS) is 10.3. The lowest BCUT2D eigenvalue weighted by atomic mass is 10.3. The number of rotatable bonds is 2. The Hall–Kier alpha value is -1.04. The van der Waals surface area contributed by atoms with Crippen molar-refractivity contribution in [3.8, 4) is 11.8 Å². The summed E-state index contributed by atoms with van der Waals surface area (Å²) < 4.78 is 6.07. The quantitative estimate of drug-likeness (QED) is 0.845. The molecule has 0 aliphatic carbocycles. The van der Waals surface area contributed by atoms with E-state index in [1.807, 2.05) is 0 Å². The van der Waals surface area contributed by atoms with Crippen LogP contribution in [0.15, 0.2) is 29.0 Å². The van der Waals surface area contributed by atoms with Crippen LogP contribution in [0.25, 0.3) is 0 Å². The SMILES string of the molecule is Nc1cnc(Oc2cc(Cl)c(Br)cc2Cl)nc1. The first kappa shape index (κ1) is 12.4. The second kappa shape index (κ2) is 5.08. The molecule has 0 unspecified atom stereocenters. The maximum Gasteiger partial charge on any atom is 0.322 e. The molecule has 1 aromatic heterocycles. The van der Waals surface area contributed by atoms with E-state index in [0.717, 1.165) is 0 Å². The van der Waals surface area contributed by atoms with Crippen molar-refractivity contribution in [3.05, 3.63) is 39.0 Å². The number of hydrogen-bond acceptors (Lipinski definition) is 4. The fourth-order valence-electron chi connectivity index (χ4n) is 1.06. The van der Waals surface area contributed by atoms with Gasteiger partial charge in [0.05, 0.1) is 28.1 Å². The van der Waals surface area contributed by atoms with E-state index in [0.29, 0.717) is 26.0 Å². The van der Waals surface area contributed by atoms with Crippen LogP contribution in [0, 0.1) is 0 Å². The van der Waals surface area contributed by atoms with Crippen LogP contribution < -0.4 is 10.5 Å². The highest BCUT2D eigenvalue weighted by molar-refractivity contribution is 9.10. The van der Waals surface area contributed by atoms with Crippen LogP contribution in [-0.4, -0.2) is 9.97 Å². The zero-order chi connectivity index (χ0) is 12.4. The number of nitrogens with two attached hydrogens (primary N) is 1. The molecule has 0 aliphatic heterocycles. The molecule has 0 aliphatic rings. The third kappa shape index (κ3) is 3.00. The van der Waals surface area contributed by atoms with Crippen LogP contribution in [0.3, 0.4) is 0 Å². The van der Waals surface area contributed by atoms with Crippen LogP contribution in [0.4, 0.5) is 5.69 Å². The van der Waals surface area contributed by atoms with Gasteiger partial charge in [0.2, 0.25) is 0 Å². The van der Waals surface area contributed by atoms with Crippen LogP contribution in [0.2, 0.25) is 10.0 Å². The molecule has 0 radical (unpaired) electrons. The van der Waals surface area contributed by atoms with Crippen molar-refractivity contribution in [2.24, 2.45) is 0 Å². The smallest absolute Gasteiger partial charge is 0.322 e. The molecule has 2 rings (SSSR count). The van der Waals surface area contributed by atoms with Crippen LogP contribution in [-0.2, 0) is 0 Å². The lowest BCUT2D eigenvalue weighted by Gasteiger charge is -2.07. The van der Waals surface area contributed by atoms with E-state index >= 15 is 0 Å². The zero-order valence-corrected chi connectivity index (χ0v) is 11.4. The van der Waals surface area contributed by atoms with E-state index in [1.165, 1.54) is 12.4 Å². The number of aromatic nitrogens is 2. The average molecular weight is 335 g/mol. The molecule has 2 aromatic rings. The number of nitrogen functional groups attached to an aromatic ring is 1. The summed E-state index contributed by atoms with van der Waals surface area (Å²) in [4.78, 5) is 7.79. The molecule has 1 heterocycles. The predicted octanol–water partition coefficient (Wildman–Crippen LogP) is 3.92. The van der Waals surface area contributed by atoms with Crippen molar-refractivity contribution in [2.45, 2.75) is 0 Å². The molecule has 0 spiro atoms. The standard InChI is InChI=1S/C10H6BrCl2N3O/c11-6-1-8(13)9(2-7(6)12)17-10-15-3-5(14)4-16-10/h1-4H,14H2. The minimum absolute atomic E-state index is 0.152. The lowest BCUT2D eigenvalue weighted by molar-refractivity contribution is 0.442. The summed E-state index contributed by atoms with van der Waals surface area (Å²) in [5.41, 5.74) is 5.92. The molecular formula is C10H6BrCl2N3O. The minimum atomic E-state index is 0.152. The molecule has 1 aromatic carbocycles. The Morgan fingerprint density at radius 1 is 1.12 bits per heavy atom. The number of anilines is 1. The third-order valence-electron chi connectivity index (χ3n) is 1.82. The Labute approximate surface area is 116 Å². The van der Waals surface area contributed by atoms with Crippen molar-refractivity contribution >= 4 is 44.8 Å². The van der Waals surface area contributed by atoms with E-state index in [-0.39, 0.29) is 6.01 Å². The van der Waals surface area contributed by atoms with Gasteiger partial charge in [-0.1, -0.05) is 23.2 Å². The Bertz CT molecular complexity index is 548. The fraction of sp³-hybridized carbons (Fsp3) is 0. The fourth-order valence-corrected chi connectivity index (χ4v) is 1.89. The summed E-state index contributed by atoms with van der Waals surface area (Å²) in [6, 6.07) is 3.36. The largest absolute Gasteiger partial charge is 0.423 e. The van der Waals surface area contributed by atoms with Gasteiger partial charge >= 0.3 is 6.01 Å². The highest BCUT2D eigenvalue weighted by atomic mass is 79.9. The van der Waals surface area contributed by atoms with Crippen LogP contribution >= 0.6 is 39.1 Å².